The molecule has 4 rings (SSSR count). The van der Waals surface area contributed by atoms with Gasteiger partial charge in [-0.15, -0.1) is 0 Å². The van der Waals surface area contributed by atoms with Crippen LogP contribution >= 0.6 is 0 Å². The Labute approximate surface area is 216 Å². The lowest BCUT2D eigenvalue weighted by molar-refractivity contribution is 0.0764. The molecule has 1 aromatic heterocycles. The van der Waals surface area contributed by atoms with Gasteiger partial charge in [-0.3, -0.25) is 9.59 Å². The Kier molecular flexibility index (Phi) is 7.92. The van der Waals surface area contributed by atoms with Crippen molar-refractivity contribution in [2.75, 3.05) is 37.9 Å². The normalized spacial score (nSPS) is 12.1. The van der Waals surface area contributed by atoms with Crippen molar-refractivity contribution in [2.45, 2.75) is 20.3 Å². The number of hydrogen-bond acceptors (Lipinski definition) is 6. The summed E-state index contributed by atoms with van der Waals surface area (Å²) in [6.07, 6.45) is 6.43. The summed E-state index contributed by atoms with van der Waals surface area (Å²) in [5.41, 5.74) is 3.00. The Morgan fingerprint density at radius 3 is 2.46 bits per heavy atom. The number of carbonyl (C=O) groups excluding carboxylic acids is 2. The molecular weight excluding hydrogens is 470 g/mol. The maximum absolute atomic E-state index is 13.0. The van der Waals surface area contributed by atoms with Crippen molar-refractivity contribution in [3.63, 3.8) is 0 Å². The molecule has 37 heavy (non-hydrogen) atoms. The lowest BCUT2D eigenvalue weighted by Gasteiger charge is -2.20. The van der Waals surface area contributed by atoms with Gasteiger partial charge < -0.3 is 25.0 Å². The molecule has 0 fully saturated rings. The first-order valence-electron chi connectivity index (χ1n) is 12.2. The van der Waals surface area contributed by atoms with E-state index >= 15 is 0 Å². The molecule has 0 aliphatic carbocycles. The zero-order valence-electron chi connectivity index (χ0n) is 21.4. The zero-order valence-corrected chi connectivity index (χ0v) is 21.4. The van der Waals surface area contributed by atoms with Crippen molar-refractivity contribution in [1.82, 2.24) is 14.7 Å². The van der Waals surface area contributed by atoms with E-state index in [1.165, 1.54) is 0 Å². The van der Waals surface area contributed by atoms with Gasteiger partial charge in [0.1, 0.15) is 5.82 Å². The number of ether oxygens (including phenoxy) is 2. The number of rotatable bonds is 9. The maximum atomic E-state index is 13.0. The maximum Gasteiger partial charge on any atom is 0.276 e. The Balaban J connectivity index is 1.54. The monoisotopic (exact) mass is 501 g/mol. The van der Waals surface area contributed by atoms with Crippen LogP contribution in [0.25, 0.3) is 5.70 Å². The molecule has 1 aliphatic rings. The number of nitrogens with zero attached hydrogens (tertiary/aromatic N) is 3. The summed E-state index contributed by atoms with van der Waals surface area (Å²) >= 11 is 0. The Bertz CT molecular complexity index is 1340. The fourth-order valence-electron chi connectivity index (χ4n) is 4.08. The third-order valence-electron chi connectivity index (χ3n) is 5.98. The molecule has 2 amide bonds. The Hall–Kier alpha value is -4.53. The van der Waals surface area contributed by atoms with Gasteiger partial charge in [-0.05, 0) is 68.0 Å². The molecule has 3 aromatic rings. The first-order chi connectivity index (χ1) is 18.0. The number of allylic oxidation sites excluding steroid dienone is 2. The van der Waals surface area contributed by atoms with Gasteiger partial charge in [-0.2, -0.15) is 5.10 Å². The van der Waals surface area contributed by atoms with Gasteiger partial charge in [0.2, 0.25) is 0 Å². The van der Waals surface area contributed by atoms with Gasteiger partial charge in [0, 0.05) is 42.2 Å². The summed E-state index contributed by atoms with van der Waals surface area (Å²) in [6.45, 7) is 5.37. The summed E-state index contributed by atoms with van der Waals surface area (Å²) in [4.78, 5) is 27.5. The molecule has 0 spiro atoms. The predicted molar refractivity (Wildman–Crippen MR) is 144 cm³/mol. The molecule has 2 N–H and O–H groups in total. The Morgan fingerprint density at radius 1 is 1.03 bits per heavy atom. The first kappa shape index (κ1) is 25.6. The van der Waals surface area contributed by atoms with Gasteiger partial charge in [0.05, 0.1) is 19.9 Å². The van der Waals surface area contributed by atoms with Crippen molar-refractivity contribution in [3.05, 3.63) is 83.7 Å². The summed E-state index contributed by atoms with van der Waals surface area (Å²) < 4.78 is 12.5. The predicted octanol–water partition coefficient (Wildman–Crippen LogP) is 4.85. The van der Waals surface area contributed by atoms with Crippen molar-refractivity contribution in [2.24, 2.45) is 0 Å². The molecule has 0 atom stereocenters. The highest BCUT2D eigenvalue weighted by Gasteiger charge is 2.20. The number of fused-ring (bicyclic) bond motifs is 1. The van der Waals surface area contributed by atoms with E-state index in [0.29, 0.717) is 41.7 Å². The van der Waals surface area contributed by atoms with Gasteiger partial charge in [0.15, 0.2) is 17.2 Å². The van der Waals surface area contributed by atoms with E-state index in [2.05, 4.69) is 15.7 Å². The second-order valence-electron chi connectivity index (χ2n) is 8.37. The molecule has 0 saturated carbocycles. The second-order valence-corrected chi connectivity index (χ2v) is 8.37. The molecule has 2 aromatic carbocycles. The fourth-order valence-corrected chi connectivity index (χ4v) is 4.08. The first-order valence-corrected chi connectivity index (χ1v) is 12.2. The minimum absolute atomic E-state index is 0.0197. The van der Waals surface area contributed by atoms with Gasteiger partial charge in [0.25, 0.3) is 11.8 Å². The zero-order chi connectivity index (χ0) is 26.4. The van der Waals surface area contributed by atoms with Crippen molar-refractivity contribution >= 4 is 29.0 Å². The van der Waals surface area contributed by atoms with Crippen LogP contribution in [0.4, 0.5) is 11.5 Å². The van der Waals surface area contributed by atoms with Crippen LogP contribution in [-0.4, -0.2) is 53.8 Å². The van der Waals surface area contributed by atoms with Crippen molar-refractivity contribution in [3.8, 4) is 11.5 Å². The van der Waals surface area contributed by atoms with Crippen molar-refractivity contribution in [1.29, 1.82) is 0 Å². The molecular formula is C28H31N5O4. The number of anilines is 2. The standard InChI is InChI=1S/C28H31N5O4/c1-5-16-32(6-2)28(35)19-9-12-21(13-10-19)30-27(34)22-18-26-29-15-7-8-23(33(26)31-22)20-11-14-24(36-3)25(17-20)37-4/h7-15,17-18,29H,5-6,16H2,1-4H3,(H,30,34). The molecule has 9 nitrogen and oxygen atoms in total. The average Bonchev–Trinajstić information content (AvgIpc) is 3.25. The van der Waals surface area contributed by atoms with Crippen LogP contribution < -0.4 is 20.1 Å². The third-order valence-corrected chi connectivity index (χ3v) is 5.98. The molecule has 9 heteroatoms. The summed E-state index contributed by atoms with van der Waals surface area (Å²) in [5, 5.41) is 10.6. The Morgan fingerprint density at radius 2 is 1.78 bits per heavy atom. The van der Waals surface area contributed by atoms with E-state index in [1.807, 2.05) is 44.2 Å². The van der Waals surface area contributed by atoms with Crippen LogP contribution in [0.3, 0.4) is 0 Å². The van der Waals surface area contributed by atoms with Crippen LogP contribution in [-0.2, 0) is 0 Å². The topological polar surface area (TPSA) is 97.7 Å². The summed E-state index contributed by atoms with van der Waals surface area (Å²) in [6, 6.07) is 14.2. The van der Waals surface area contributed by atoms with Crippen LogP contribution in [0.1, 0.15) is 46.7 Å². The SMILES string of the molecule is CCCN(CC)C(=O)c1ccc(NC(=O)c2cc3n(n2)C(c2ccc(OC)c(OC)c2)=CC=CN3)cc1. The highest BCUT2D eigenvalue weighted by atomic mass is 16.5. The van der Waals surface area contributed by atoms with E-state index in [-0.39, 0.29) is 17.5 Å². The highest BCUT2D eigenvalue weighted by molar-refractivity contribution is 6.04. The second kappa shape index (κ2) is 11.5. The van der Waals surface area contributed by atoms with E-state index in [1.54, 1.807) is 60.3 Å². The number of aromatic nitrogens is 2. The number of hydrogen-bond donors (Lipinski definition) is 2. The lowest BCUT2D eigenvalue weighted by Crippen LogP contribution is -2.31. The molecule has 0 saturated heterocycles. The molecule has 2 heterocycles. The molecule has 0 bridgehead atoms. The van der Waals surface area contributed by atoms with E-state index in [0.717, 1.165) is 17.7 Å². The van der Waals surface area contributed by atoms with Gasteiger partial charge in [-0.1, -0.05) is 6.92 Å². The quantitative estimate of drug-likeness (QED) is 0.435. The summed E-state index contributed by atoms with van der Waals surface area (Å²) in [7, 11) is 3.17. The van der Waals surface area contributed by atoms with E-state index < -0.39 is 0 Å². The van der Waals surface area contributed by atoms with Crippen LogP contribution in [0.5, 0.6) is 11.5 Å². The minimum Gasteiger partial charge on any atom is -0.493 e. The van der Waals surface area contributed by atoms with Crippen LogP contribution in [0.15, 0.2) is 66.9 Å². The molecule has 1 aliphatic heterocycles. The minimum atomic E-state index is -0.363. The van der Waals surface area contributed by atoms with Crippen LogP contribution in [0, 0.1) is 0 Å². The number of benzene rings is 2. The van der Waals surface area contributed by atoms with Gasteiger partial charge in [-0.25, -0.2) is 4.68 Å². The number of carbonyl (C=O) groups is 2. The largest absolute Gasteiger partial charge is 0.493 e. The number of nitrogens with one attached hydrogen (secondary N) is 2. The van der Waals surface area contributed by atoms with Crippen LogP contribution in [0.2, 0.25) is 0 Å². The summed E-state index contributed by atoms with van der Waals surface area (Å²) in [5.74, 6) is 1.46. The van der Waals surface area contributed by atoms with E-state index in [4.69, 9.17) is 9.47 Å². The molecule has 0 radical (unpaired) electrons. The third kappa shape index (κ3) is 5.50. The fraction of sp³-hybridized carbons (Fsp3) is 0.250. The van der Waals surface area contributed by atoms with E-state index in [9.17, 15) is 9.59 Å². The lowest BCUT2D eigenvalue weighted by atomic mass is 10.1. The molecule has 192 valence electrons. The molecule has 0 unspecified atom stereocenters. The average molecular weight is 502 g/mol. The number of methoxy groups -OCH3 is 2. The smallest absolute Gasteiger partial charge is 0.276 e. The highest BCUT2D eigenvalue weighted by Crippen LogP contribution is 2.32. The van der Waals surface area contributed by atoms with Gasteiger partial charge >= 0.3 is 0 Å². The van der Waals surface area contributed by atoms with Crippen molar-refractivity contribution < 1.29 is 19.1 Å². The number of amides is 2.